The number of nitrogens with one attached hydrogen (secondary N) is 1. The van der Waals surface area contributed by atoms with E-state index in [0.29, 0.717) is 13.1 Å². The molecule has 0 amide bonds. The van der Waals surface area contributed by atoms with Crippen LogP contribution in [0.15, 0.2) is 41.9 Å². The van der Waals surface area contributed by atoms with Gasteiger partial charge in [-0.15, -0.1) is 16.8 Å². The number of benzene rings is 1. The summed E-state index contributed by atoms with van der Waals surface area (Å²) in [6.07, 6.45) is 2.88. The van der Waals surface area contributed by atoms with Crippen molar-refractivity contribution >= 4 is 5.96 Å². The second-order valence-corrected chi connectivity index (χ2v) is 6.06. The molecule has 0 saturated carbocycles. The summed E-state index contributed by atoms with van der Waals surface area (Å²) in [5.41, 5.74) is 2.60. The van der Waals surface area contributed by atoms with Crippen LogP contribution in [-0.4, -0.2) is 39.2 Å². The van der Waals surface area contributed by atoms with Gasteiger partial charge in [-0.05, 0) is 24.5 Å². The van der Waals surface area contributed by atoms with Crippen molar-refractivity contribution in [3.05, 3.63) is 59.7 Å². The maximum atomic E-state index is 4.70. The highest BCUT2D eigenvalue weighted by Gasteiger charge is 2.09. The fourth-order valence-electron chi connectivity index (χ4n) is 2.44. The van der Waals surface area contributed by atoms with Crippen molar-refractivity contribution in [3.8, 4) is 0 Å². The number of nitrogens with zero attached hydrogens (tertiary/aromatic N) is 5. The van der Waals surface area contributed by atoms with Crippen molar-refractivity contribution in [1.29, 1.82) is 0 Å². The van der Waals surface area contributed by atoms with E-state index in [0.717, 1.165) is 30.6 Å². The standard InChI is InChI=1S/C19H28N6/c1-6-12-20-19(21-13-18-23-22-15(3)25(18)5)24(4)14-17-10-8-16(7-2)9-11-17/h6,8-11H,1,7,12-14H2,2-5H3,(H,20,21). The Balaban J connectivity index is 2.09. The number of hydrogen-bond acceptors (Lipinski definition) is 3. The van der Waals surface area contributed by atoms with Gasteiger partial charge in [-0.25, -0.2) is 4.99 Å². The van der Waals surface area contributed by atoms with E-state index in [1.807, 2.05) is 31.7 Å². The quantitative estimate of drug-likeness (QED) is 0.478. The summed E-state index contributed by atoms with van der Waals surface area (Å²) in [7, 11) is 3.99. The maximum absolute atomic E-state index is 4.70. The third-order valence-corrected chi connectivity index (χ3v) is 4.17. The van der Waals surface area contributed by atoms with Crippen LogP contribution in [0.1, 0.15) is 29.7 Å². The van der Waals surface area contributed by atoms with Gasteiger partial charge in [0.1, 0.15) is 12.4 Å². The van der Waals surface area contributed by atoms with E-state index in [4.69, 9.17) is 4.99 Å². The zero-order chi connectivity index (χ0) is 18.2. The Bertz CT molecular complexity index is 714. The van der Waals surface area contributed by atoms with Crippen LogP contribution < -0.4 is 5.32 Å². The Morgan fingerprint density at radius 1 is 1.28 bits per heavy atom. The van der Waals surface area contributed by atoms with E-state index >= 15 is 0 Å². The Kier molecular flexibility index (Phi) is 6.74. The molecule has 1 N–H and O–H groups in total. The molecule has 1 heterocycles. The number of hydrogen-bond donors (Lipinski definition) is 1. The minimum atomic E-state index is 0.482. The zero-order valence-corrected chi connectivity index (χ0v) is 15.7. The van der Waals surface area contributed by atoms with Crippen molar-refractivity contribution in [2.45, 2.75) is 33.4 Å². The van der Waals surface area contributed by atoms with Gasteiger partial charge in [-0.2, -0.15) is 0 Å². The molecular formula is C19H28N6. The molecule has 0 fully saturated rings. The minimum absolute atomic E-state index is 0.482. The monoisotopic (exact) mass is 340 g/mol. The van der Waals surface area contributed by atoms with Crippen molar-refractivity contribution < 1.29 is 0 Å². The van der Waals surface area contributed by atoms with Crippen molar-refractivity contribution in [2.24, 2.45) is 12.0 Å². The molecular weight excluding hydrogens is 312 g/mol. The van der Waals surface area contributed by atoms with Crippen LogP contribution in [0.25, 0.3) is 0 Å². The fourth-order valence-corrected chi connectivity index (χ4v) is 2.44. The average Bonchev–Trinajstić information content (AvgIpc) is 2.94. The summed E-state index contributed by atoms with van der Waals surface area (Å²) >= 11 is 0. The molecule has 1 aromatic carbocycles. The molecule has 2 aromatic rings. The minimum Gasteiger partial charge on any atom is -0.353 e. The molecule has 134 valence electrons. The highest BCUT2D eigenvalue weighted by molar-refractivity contribution is 5.79. The van der Waals surface area contributed by atoms with Gasteiger partial charge in [0.05, 0.1) is 0 Å². The lowest BCUT2D eigenvalue weighted by atomic mass is 10.1. The Morgan fingerprint density at radius 2 is 1.96 bits per heavy atom. The first-order valence-corrected chi connectivity index (χ1v) is 8.58. The molecule has 0 saturated heterocycles. The molecule has 0 unspecified atom stereocenters. The van der Waals surface area contributed by atoms with Gasteiger partial charge in [-0.3, -0.25) is 0 Å². The predicted molar refractivity (Wildman–Crippen MR) is 102 cm³/mol. The Hall–Kier alpha value is -2.63. The summed E-state index contributed by atoms with van der Waals surface area (Å²) in [5, 5.41) is 11.6. The lowest BCUT2D eigenvalue weighted by Gasteiger charge is -2.22. The van der Waals surface area contributed by atoms with E-state index in [-0.39, 0.29) is 0 Å². The molecule has 6 nitrogen and oxygen atoms in total. The van der Waals surface area contributed by atoms with Crippen LogP contribution >= 0.6 is 0 Å². The lowest BCUT2D eigenvalue weighted by molar-refractivity contribution is 0.477. The van der Waals surface area contributed by atoms with E-state index < -0.39 is 0 Å². The highest BCUT2D eigenvalue weighted by Crippen LogP contribution is 2.08. The van der Waals surface area contributed by atoms with Crippen LogP contribution in [0, 0.1) is 6.92 Å². The smallest absolute Gasteiger partial charge is 0.194 e. The zero-order valence-electron chi connectivity index (χ0n) is 15.7. The van der Waals surface area contributed by atoms with E-state index in [1.54, 1.807) is 0 Å². The fraction of sp³-hybridized carbons (Fsp3) is 0.421. The molecule has 0 bridgehead atoms. The third kappa shape index (κ3) is 5.17. The van der Waals surface area contributed by atoms with Crippen LogP contribution in [0.3, 0.4) is 0 Å². The summed E-state index contributed by atoms with van der Waals surface area (Å²) in [6.45, 7) is 9.80. The van der Waals surface area contributed by atoms with Crippen molar-refractivity contribution in [2.75, 3.05) is 13.6 Å². The first-order chi connectivity index (χ1) is 12.0. The summed E-state index contributed by atoms with van der Waals surface area (Å²) < 4.78 is 1.96. The number of aliphatic imine (C=N–C) groups is 1. The van der Waals surface area contributed by atoms with Gasteiger partial charge in [0.25, 0.3) is 0 Å². The molecule has 0 radical (unpaired) electrons. The van der Waals surface area contributed by atoms with Gasteiger partial charge in [0.2, 0.25) is 0 Å². The largest absolute Gasteiger partial charge is 0.353 e. The van der Waals surface area contributed by atoms with Gasteiger partial charge < -0.3 is 14.8 Å². The number of aryl methyl sites for hydroxylation is 2. The molecule has 0 spiro atoms. The van der Waals surface area contributed by atoms with Crippen molar-refractivity contribution in [3.63, 3.8) is 0 Å². The van der Waals surface area contributed by atoms with Crippen molar-refractivity contribution in [1.82, 2.24) is 25.0 Å². The second-order valence-electron chi connectivity index (χ2n) is 6.06. The number of guanidine groups is 1. The van der Waals surface area contributed by atoms with Gasteiger partial charge in [-0.1, -0.05) is 37.3 Å². The van der Waals surface area contributed by atoms with E-state index in [2.05, 4.69) is 58.2 Å². The number of rotatable bonds is 7. The highest BCUT2D eigenvalue weighted by atomic mass is 15.3. The maximum Gasteiger partial charge on any atom is 0.194 e. The predicted octanol–water partition coefficient (Wildman–Crippen LogP) is 2.45. The summed E-state index contributed by atoms with van der Waals surface area (Å²) in [4.78, 5) is 6.80. The Labute approximate surface area is 150 Å². The first kappa shape index (κ1) is 18.7. The van der Waals surface area contributed by atoms with Gasteiger partial charge in [0.15, 0.2) is 11.8 Å². The molecule has 0 atom stereocenters. The lowest BCUT2D eigenvalue weighted by Crippen LogP contribution is -2.38. The van der Waals surface area contributed by atoms with Gasteiger partial charge >= 0.3 is 0 Å². The molecule has 1 aromatic heterocycles. The van der Waals surface area contributed by atoms with Crippen LogP contribution in [-0.2, 0) is 26.6 Å². The molecule has 25 heavy (non-hydrogen) atoms. The van der Waals surface area contributed by atoms with E-state index in [1.165, 1.54) is 11.1 Å². The SMILES string of the molecule is C=CCNC(=NCc1nnc(C)n1C)N(C)Cc1ccc(CC)cc1. The van der Waals surface area contributed by atoms with Crippen LogP contribution in [0.5, 0.6) is 0 Å². The summed E-state index contributed by atoms with van der Waals surface area (Å²) in [6, 6.07) is 8.71. The average molecular weight is 340 g/mol. The topological polar surface area (TPSA) is 58.3 Å². The normalized spacial score (nSPS) is 11.4. The van der Waals surface area contributed by atoms with Gasteiger partial charge in [0, 0.05) is 27.2 Å². The Morgan fingerprint density at radius 3 is 2.52 bits per heavy atom. The van der Waals surface area contributed by atoms with E-state index in [9.17, 15) is 0 Å². The number of aromatic nitrogens is 3. The summed E-state index contributed by atoms with van der Waals surface area (Å²) in [5.74, 6) is 2.55. The third-order valence-electron chi connectivity index (χ3n) is 4.17. The molecule has 0 aliphatic rings. The molecule has 0 aliphatic heterocycles. The molecule has 6 heteroatoms. The second kappa shape index (κ2) is 9.01. The molecule has 0 aliphatic carbocycles. The first-order valence-electron chi connectivity index (χ1n) is 8.58. The molecule has 2 rings (SSSR count). The van der Waals surface area contributed by atoms with Crippen LogP contribution in [0.4, 0.5) is 0 Å². The van der Waals surface area contributed by atoms with Crippen LogP contribution in [0.2, 0.25) is 0 Å².